The van der Waals surface area contributed by atoms with Crippen molar-refractivity contribution < 1.29 is 12.8 Å². The predicted molar refractivity (Wildman–Crippen MR) is 73.6 cm³/mol. The Kier molecular flexibility index (Phi) is 3.72. The van der Waals surface area contributed by atoms with Gasteiger partial charge in [-0.15, -0.1) is 0 Å². The number of nitrogens with two attached hydrogens (primary N) is 1. The molecule has 0 aliphatic carbocycles. The zero-order chi connectivity index (χ0) is 14.0. The van der Waals surface area contributed by atoms with Gasteiger partial charge in [0.15, 0.2) is 0 Å². The van der Waals surface area contributed by atoms with E-state index in [1.165, 1.54) is 18.5 Å². The summed E-state index contributed by atoms with van der Waals surface area (Å²) in [4.78, 5) is 3.71. The highest BCUT2D eigenvalue weighted by Crippen LogP contribution is 2.24. The molecule has 1 aromatic heterocycles. The molecule has 3 N–H and O–H groups in total. The summed E-state index contributed by atoms with van der Waals surface area (Å²) in [5, 5.41) is 0. The van der Waals surface area contributed by atoms with Gasteiger partial charge in [0.2, 0.25) is 0 Å². The number of hydrogen-bond acceptors (Lipinski definition) is 4. The van der Waals surface area contributed by atoms with Crippen LogP contribution in [0.1, 0.15) is 0 Å². The number of nitrogen functional groups attached to an aromatic ring is 1. The number of aromatic nitrogens is 1. The van der Waals surface area contributed by atoms with E-state index in [2.05, 4.69) is 25.6 Å². The molecule has 8 heteroatoms. The van der Waals surface area contributed by atoms with Crippen molar-refractivity contribution in [3.8, 4) is 0 Å². The smallest absolute Gasteiger partial charge is 0.262 e. The van der Waals surface area contributed by atoms with Crippen molar-refractivity contribution in [3.05, 3.63) is 46.9 Å². The van der Waals surface area contributed by atoms with Gasteiger partial charge < -0.3 is 5.73 Å². The number of pyridine rings is 1. The van der Waals surface area contributed by atoms with Crippen molar-refractivity contribution in [3.63, 3.8) is 0 Å². The van der Waals surface area contributed by atoms with Crippen LogP contribution in [0.4, 0.5) is 15.8 Å². The summed E-state index contributed by atoms with van der Waals surface area (Å²) in [6, 6.07) is 4.70. The van der Waals surface area contributed by atoms with Crippen LogP contribution in [0.5, 0.6) is 0 Å². The molecule has 0 spiro atoms. The third-order valence-electron chi connectivity index (χ3n) is 2.29. The van der Waals surface area contributed by atoms with Crippen LogP contribution in [0.3, 0.4) is 0 Å². The number of nitrogens with zero attached hydrogens (tertiary/aromatic N) is 1. The Morgan fingerprint density at radius 1 is 1.32 bits per heavy atom. The van der Waals surface area contributed by atoms with E-state index in [0.29, 0.717) is 10.2 Å². The van der Waals surface area contributed by atoms with Gasteiger partial charge in [-0.05, 0) is 40.2 Å². The van der Waals surface area contributed by atoms with E-state index in [1.807, 2.05) is 0 Å². The van der Waals surface area contributed by atoms with E-state index < -0.39 is 15.8 Å². The molecule has 1 aromatic carbocycles. The lowest BCUT2D eigenvalue weighted by Gasteiger charge is -2.09. The van der Waals surface area contributed by atoms with E-state index >= 15 is 0 Å². The van der Waals surface area contributed by atoms with Crippen LogP contribution in [0.15, 0.2) is 46.0 Å². The van der Waals surface area contributed by atoms with Crippen molar-refractivity contribution in [1.82, 2.24) is 4.98 Å². The average molecular weight is 346 g/mol. The van der Waals surface area contributed by atoms with E-state index in [1.54, 1.807) is 0 Å². The summed E-state index contributed by atoms with van der Waals surface area (Å²) in [6.45, 7) is 0. The largest absolute Gasteiger partial charge is 0.396 e. The summed E-state index contributed by atoms with van der Waals surface area (Å²) in [7, 11) is -3.83. The molecule has 0 radical (unpaired) electrons. The van der Waals surface area contributed by atoms with Gasteiger partial charge in [-0.2, -0.15) is 0 Å². The Bertz CT molecular complexity index is 722. The summed E-state index contributed by atoms with van der Waals surface area (Å²) < 4.78 is 40.0. The summed E-state index contributed by atoms with van der Waals surface area (Å²) in [5.41, 5.74) is 5.46. The fraction of sp³-hybridized carbons (Fsp3) is 0. The van der Waals surface area contributed by atoms with Crippen LogP contribution in [0.25, 0.3) is 0 Å². The van der Waals surface area contributed by atoms with Crippen LogP contribution >= 0.6 is 15.9 Å². The molecule has 2 rings (SSSR count). The Labute approximate surface area is 117 Å². The van der Waals surface area contributed by atoms with Crippen LogP contribution in [-0.4, -0.2) is 13.4 Å². The van der Waals surface area contributed by atoms with E-state index in [-0.39, 0.29) is 10.6 Å². The third kappa shape index (κ3) is 3.02. The molecule has 0 fully saturated rings. The van der Waals surface area contributed by atoms with Crippen molar-refractivity contribution in [2.45, 2.75) is 4.90 Å². The Balaban J connectivity index is 2.38. The second-order valence-corrected chi connectivity index (χ2v) is 6.18. The molecule has 19 heavy (non-hydrogen) atoms. The van der Waals surface area contributed by atoms with E-state index in [4.69, 9.17) is 5.73 Å². The second kappa shape index (κ2) is 5.14. The molecule has 0 aliphatic rings. The molecule has 0 unspecified atom stereocenters. The predicted octanol–water partition coefficient (Wildman–Crippen LogP) is 2.37. The fourth-order valence-electron chi connectivity index (χ4n) is 1.35. The Hall–Kier alpha value is -1.67. The summed E-state index contributed by atoms with van der Waals surface area (Å²) in [6.07, 6.45) is 2.90. The van der Waals surface area contributed by atoms with Gasteiger partial charge in [-0.1, -0.05) is 0 Å². The number of hydrogen-bond donors (Lipinski definition) is 2. The Morgan fingerprint density at radius 2 is 2.05 bits per heavy atom. The first-order valence-corrected chi connectivity index (χ1v) is 7.35. The molecule has 100 valence electrons. The molecule has 0 aliphatic heterocycles. The third-order valence-corrected chi connectivity index (χ3v) is 4.29. The van der Waals surface area contributed by atoms with E-state index in [9.17, 15) is 12.8 Å². The van der Waals surface area contributed by atoms with Crippen LogP contribution < -0.4 is 10.5 Å². The first-order valence-electron chi connectivity index (χ1n) is 5.07. The van der Waals surface area contributed by atoms with Crippen molar-refractivity contribution >= 4 is 37.3 Å². The van der Waals surface area contributed by atoms with Crippen molar-refractivity contribution in [2.75, 3.05) is 10.5 Å². The minimum absolute atomic E-state index is 0.116. The van der Waals surface area contributed by atoms with Crippen LogP contribution in [0, 0.1) is 5.82 Å². The number of sulfonamides is 1. The minimum atomic E-state index is -3.83. The monoisotopic (exact) mass is 345 g/mol. The maximum Gasteiger partial charge on any atom is 0.262 e. The zero-order valence-electron chi connectivity index (χ0n) is 9.47. The number of nitrogens with one attached hydrogen (secondary N) is 1. The van der Waals surface area contributed by atoms with Gasteiger partial charge in [0.1, 0.15) is 5.82 Å². The lowest BCUT2D eigenvalue weighted by atomic mass is 10.3. The lowest BCUT2D eigenvalue weighted by molar-refractivity contribution is 0.600. The lowest BCUT2D eigenvalue weighted by Crippen LogP contribution is -2.14. The fourth-order valence-corrected chi connectivity index (χ4v) is 2.95. The first-order chi connectivity index (χ1) is 8.90. The van der Waals surface area contributed by atoms with Crippen LogP contribution in [0.2, 0.25) is 0 Å². The maximum atomic E-state index is 13.0. The molecular weight excluding hydrogens is 337 g/mol. The highest BCUT2D eigenvalue weighted by Gasteiger charge is 2.16. The van der Waals surface area contributed by atoms with Gasteiger partial charge in [0.25, 0.3) is 10.0 Å². The molecular formula is C11H9BrFN3O2S. The molecule has 5 nitrogen and oxygen atoms in total. The molecule has 0 saturated heterocycles. The quantitative estimate of drug-likeness (QED) is 0.836. The number of benzene rings is 1. The van der Waals surface area contributed by atoms with Gasteiger partial charge in [0.05, 0.1) is 20.7 Å². The standard InChI is InChI=1S/C11H9BrFN3O2S/c12-8-6-15-4-3-11(8)16-19(17,18)7-1-2-9(13)10(14)5-7/h1-6H,14H2,(H,15,16). The molecule has 0 atom stereocenters. The van der Waals surface area contributed by atoms with Crippen molar-refractivity contribution in [2.24, 2.45) is 0 Å². The van der Waals surface area contributed by atoms with Gasteiger partial charge in [-0.25, -0.2) is 12.8 Å². The van der Waals surface area contributed by atoms with Gasteiger partial charge >= 0.3 is 0 Å². The number of halogens is 2. The zero-order valence-corrected chi connectivity index (χ0v) is 11.9. The Morgan fingerprint density at radius 3 is 2.68 bits per heavy atom. The topological polar surface area (TPSA) is 85.1 Å². The SMILES string of the molecule is Nc1cc(S(=O)(=O)Nc2ccncc2Br)ccc1F. The molecule has 0 saturated carbocycles. The molecule has 2 aromatic rings. The average Bonchev–Trinajstić information content (AvgIpc) is 2.35. The summed E-state index contributed by atoms with van der Waals surface area (Å²) >= 11 is 3.17. The van der Waals surface area contributed by atoms with Gasteiger partial charge in [0, 0.05) is 12.4 Å². The highest BCUT2D eigenvalue weighted by atomic mass is 79.9. The normalized spacial score (nSPS) is 11.3. The van der Waals surface area contributed by atoms with E-state index in [0.717, 1.165) is 18.2 Å². The molecule has 1 heterocycles. The van der Waals surface area contributed by atoms with Gasteiger partial charge in [-0.3, -0.25) is 9.71 Å². The minimum Gasteiger partial charge on any atom is -0.396 e. The van der Waals surface area contributed by atoms with Crippen molar-refractivity contribution in [1.29, 1.82) is 0 Å². The number of rotatable bonds is 3. The maximum absolute atomic E-state index is 13.0. The molecule has 0 bridgehead atoms. The summed E-state index contributed by atoms with van der Waals surface area (Å²) in [5.74, 6) is -0.663. The second-order valence-electron chi connectivity index (χ2n) is 3.64. The highest BCUT2D eigenvalue weighted by molar-refractivity contribution is 9.10. The first kappa shape index (κ1) is 13.8. The number of anilines is 2. The van der Waals surface area contributed by atoms with Crippen LogP contribution in [-0.2, 0) is 10.0 Å². The molecule has 0 amide bonds.